The average Bonchev–Trinajstić information content (AvgIpc) is 2.29. The number of halogens is 1. The zero-order chi connectivity index (χ0) is 12.3. The van der Waals surface area contributed by atoms with Crippen molar-refractivity contribution >= 4 is 17.6 Å². The van der Waals surface area contributed by atoms with Crippen LogP contribution in [0.3, 0.4) is 0 Å². The van der Waals surface area contributed by atoms with Crippen LogP contribution in [0.5, 0.6) is 0 Å². The van der Waals surface area contributed by atoms with Gasteiger partial charge in [-0.3, -0.25) is 9.69 Å². The summed E-state index contributed by atoms with van der Waals surface area (Å²) in [5, 5.41) is 9.22. The van der Waals surface area contributed by atoms with Crippen molar-refractivity contribution in [3.63, 3.8) is 0 Å². The smallest absolute Gasteiger partial charge is 0.307 e. The molecule has 1 N–H and O–H groups in total. The third-order valence-electron chi connectivity index (χ3n) is 2.92. The van der Waals surface area contributed by atoms with Gasteiger partial charge in [0.05, 0.1) is 11.6 Å². The normalized spacial score (nSPS) is 21.4. The van der Waals surface area contributed by atoms with E-state index in [0.29, 0.717) is 13.1 Å². The fraction of sp³-hybridized carbons (Fsp3) is 0.545. The van der Waals surface area contributed by atoms with Crippen molar-refractivity contribution in [3.05, 3.63) is 23.2 Å². The van der Waals surface area contributed by atoms with E-state index in [-0.39, 0.29) is 11.2 Å². The molecule has 2 rings (SSSR count). The number of carboxylic acids is 1. The first kappa shape index (κ1) is 12.3. The van der Waals surface area contributed by atoms with E-state index in [1.54, 1.807) is 12.3 Å². The lowest BCUT2D eigenvalue weighted by Crippen LogP contribution is -2.38. The first-order valence-electron chi connectivity index (χ1n) is 5.58. The Kier molecular flexibility index (Phi) is 3.91. The van der Waals surface area contributed by atoms with Crippen LogP contribution in [-0.4, -0.2) is 39.0 Å². The molecule has 1 aliphatic rings. The van der Waals surface area contributed by atoms with E-state index in [2.05, 4.69) is 14.9 Å². The molecule has 1 aliphatic heterocycles. The Labute approximate surface area is 104 Å². The first-order valence-corrected chi connectivity index (χ1v) is 5.95. The van der Waals surface area contributed by atoms with E-state index in [9.17, 15) is 4.79 Å². The van der Waals surface area contributed by atoms with E-state index < -0.39 is 5.97 Å². The summed E-state index contributed by atoms with van der Waals surface area (Å²) in [6.45, 7) is 2.12. The largest absolute Gasteiger partial charge is 0.481 e. The lowest BCUT2D eigenvalue weighted by molar-refractivity contribution is -0.143. The Morgan fingerprint density at radius 3 is 3.18 bits per heavy atom. The Bertz CT molecular complexity index is 413. The molecular weight excluding hydrogens is 242 g/mol. The van der Waals surface area contributed by atoms with Crippen LogP contribution >= 0.6 is 11.6 Å². The Hall–Kier alpha value is -1.20. The van der Waals surface area contributed by atoms with Gasteiger partial charge in [0.25, 0.3) is 0 Å². The third-order valence-corrected chi connectivity index (χ3v) is 3.11. The molecule has 1 atom stereocenters. The topological polar surface area (TPSA) is 66.3 Å². The molecule has 2 heterocycles. The minimum atomic E-state index is -0.713. The Morgan fingerprint density at radius 2 is 2.47 bits per heavy atom. The van der Waals surface area contributed by atoms with Crippen LogP contribution in [0.1, 0.15) is 18.5 Å². The van der Waals surface area contributed by atoms with Gasteiger partial charge in [-0.1, -0.05) is 0 Å². The first-order chi connectivity index (χ1) is 8.15. The lowest BCUT2D eigenvalue weighted by atomic mass is 9.98. The van der Waals surface area contributed by atoms with E-state index in [4.69, 9.17) is 16.7 Å². The van der Waals surface area contributed by atoms with Gasteiger partial charge in [-0.2, -0.15) is 0 Å². The molecule has 0 radical (unpaired) electrons. The van der Waals surface area contributed by atoms with Crippen molar-refractivity contribution in [2.75, 3.05) is 13.1 Å². The van der Waals surface area contributed by atoms with Crippen molar-refractivity contribution in [2.24, 2.45) is 5.92 Å². The van der Waals surface area contributed by atoms with Gasteiger partial charge in [-0.25, -0.2) is 9.97 Å². The molecule has 0 unspecified atom stereocenters. The van der Waals surface area contributed by atoms with Crippen LogP contribution in [0.25, 0.3) is 0 Å². The summed E-state index contributed by atoms with van der Waals surface area (Å²) < 4.78 is 0. The molecule has 1 aromatic rings. The number of nitrogens with zero attached hydrogens (tertiary/aromatic N) is 3. The Morgan fingerprint density at radius 1 is 1.65 bits per heavy atom. The van der Waals surface area contributed by atoms with Crippen molar-refractivity contribution in [3.8, 4) is 0 Å². The van der Waals surface area contributed by atoms with Gasteiger partial charge in [0.2, 0.25) is 5.28 Å². The van der Waals surface area contributed by atoms with Gasteiger partial charge >= 0.3 is 5.97 Å². The molecule has 0 bridgehead atoms. The van der Waals surface area contributed by atoms with Crippen LogP contribution < -0.4 is 0 Å². The van der Waals surface area contributed by atoms with Crippen LogP contribution in [-0.2, 0) is 11.3 Å². The third kappa shape index (κ3) is 3.38. The maximum atomic E-state index is 10.9. The minimum Gasteiger partial charge on any atom is -0.481 e. The van der Waals surface area contributed by atoms with Crippen LogP contribution in [0.4, 0.5) is 0 Å². The molecule has 5 nitrogen and oxygen atoms in total. The van der Waals surface area contributed by atoms with Crippen LogP contribution in [0, 0.1) is 5.92 Å². The van der Waals surface area contributed by atoms with Crippen molar-refractivity contribution < 1.29 is 9.90 Å². The second-order valence-corrected chi connectivity index (χ2v) is 4.57. The second kappa shape index (κ2) is 5.42. The number of carboxylic acid groups (broad SMARTS) is 1. The molecule has 6 heteroatoms. The highest BCUT2D eigenvalue weighted by atomic mass is 35.5. The number of piperidine rings is 1. The second-order valence-electron chi connectivity index (χ2n) is 4.23. The number of carbonyl (C=O) groups is 1. The van der Waals surface area contributed by atoms with Crippen molar-refractivity contribution in [1.82, 2.24) is 14.9 Å². The quantitative estimate of drug-likeness (QED) is 0.828. The molecule has 0 spiro atoms. The molecule has 0 aliphatic carbocycles. The summed E-state index contributed by atoms with van der Waals surface area (Å²) in [4.78, 5) is 21.0. The number of likely N-dealkylation sites (tertiary alicyclic amines) is 1. The van der Waals surface area contributed by atoms with Crippen molar-refractivity contribution in [2.45, 2.75) is 19.4 Å². The van der Waals surface area contributed by atoms with Crippen LogP contribution in [0.15, 0.2) is 12.3 Å². The monoisotopic (exact) mass is 255 g/mol. The zero-order valence-corrected chi connectivity index (χ0v) is 10.1. The number of hydrogen-bond acceptors (Lipinski definition) is 4. The summed E-state index contributed by atoms with van der Waals surface area (Å²) in [6, 6.07) is 1.80. The van der Waals surface area contributed by atoms with E-state index in [1.807, 2.05) is 0 Å². The molecule has 1 fully saturated rings. The Balaban J connectivity index is 1.97. The minimum absolute atomic E-state index is 0.231. The fourth-order valence-corrected chi connectivity index (χ4v) is 2.25. The summed E-state index contributed by atoms with van der Waals surface area (Å²) in [6.07, 6.45) is 3.29. The zero-order valence-electron chi connectivity index (χ0n) is 9.34. The molecule has 92 valence electrons. The molecule has 1 saturated heterocycles. The molecule has 0 saturated carbocycles. The van der Waals surface area contributed by atoms with Crippen LogP contribution in [0.2, 0.25) is 5.28 Å². The van der Waals surface area contributed by atoms with Gasteiger partial charge in [-0.15, -0.1) is 0 Å². The highest BCUT2D eigenvalue weighted by Gasteiger charge is 2.25. The summed E-state index contributed by atoms with van der Waals surface area (Å²) in [5.41, 5.74) is 0.830. The number of aromatic nitrogens is 2. The van der Waals surface area contributed by atoms with Gasteiger partial charge in [0.15, 0.2) is 0 Å². The predicted molar refractivity (Wildman–Crippen MR) is 62.7 cm³/mol. The molecule has 1 aromatic heterocycles. The number of aliphatic carboxylic acids is 1. The van der Waals surface area contributed by atoms with Gasteiger partial charge in [-0.05, 0) is 37.1 Å². The van der Waals surface area contributed by atoms with Crippen molar-refractivity contribution in [1.29, 1.82) is 0 Å². The van der Waals surface area contributed by atoms with E-state index in [1.165, 1.54) is 0 Å². The van der Waals surface area contributed by atoms with Gasteiger partial charge in [0.1, 0.15) is 0 Å². The van der Waals surface area contributed by atoms with E-state index in [0.717, 1.165) is 25.1 Å². The molecular formula is C11H14ClN3O2. The maximum absolute atomic E-state index is 10.9. The summed E-state index contributed by atoms with van der Waals surface area (Å²) >= 11 is 5.71. The average molecular weight is 256 g/mol. The van der Waals surface area contributed by atoms with E-state index >= 15 is 0 Å². The molecule has 0 aromatic carbocycles. The standard InChI is InChI=1S/C11H14ClN3O2/c12-11-13-4-3-9(14-11)7-15-5-1-2-8(6-15)10(16)17/h3-4,8H,1-2,5-7H2,(H,16,17)/t8-/m0/s1. The van der Waals surface area contributed by atoms with Gasteiger partial charge in [0, 0.05) is 19.3 Å². The molecule has 0 amide bonds. The SMILES string of the molecule is O=C(O)[C@H]1CCCN(Cc2ccnc(Cl)n2)C1. The molecule has 17 heavy (non-hydrogen) atoms. The maximum Gasteiger partial charge on any atom is 0.307 e. The predicted octanol–water partition coefficient (Wildman–Crippen LogP) is 1.43. The number of hydrogen-bond donors (Lipinski definition) is 1. The van der Waals surface area contributed by atoms with Gasteiger partial charge < -0.3 is 5.11 Å². The fourth-order valence-electron chi connectivity index (χ4n) is 2.09. The lowest BCUT2D eigenvalue weighted by Gasteiger charge is -2.30. The highest BCUT2D eigenvalue weighted by Crippen LogP contribution is 2.18. The summed E-state index contributed by atoms with van der Waals surface area (Å²) in [5.74, 6) is -0.975. The highest BCUT2D eigenvalue weighted by molar-refractivity contribution is 6.28. The summed E-state index contributed by atoms with van der Waals surface area (Å²) in [7, 11) is 0. The number of rotatable bonds is 3.